The first-order chi connectivity index (χ1) is 6.61. The molecule has 0 rings (SSSR count). The van der Waals surface area contributed by atoms with Gasteiger partial charge in [0.15, 0.2) is 0 Å². The molecule has 5 heteroatoms. The van der Waals surface area contributed by atoms with Gasteiger partial charge in [-0.25, -0.2) is 0 Å². The number of rotatable bonds is 7. The van der Waals surface area contributed by atoms with Crippen LogP contribution in [0.15, 0.2) is 0 Å². The van der Waals surface area contributed by atoms with E-state index < -0.39 is 0 Å². The molecule has 0 aliphatic rings. The molecule has 0 fully saturated rings. The Bertz CT molecular complexity index is 164. The number of thioether (sulfide) groups is 1. The number of hydrogen-bond donors (Lipinski definition) is 2. The SMILES string of the molecule is COC(=O)C(CSCCO)NC(C)C. The molecule has 0 aromatic carbocycles. The van der Waals surface area contributed by atoms with Crippen molar-refractivity contribution >= 4 is 17.7 Å². The fourth-order valence-electron chi connectivity index (χ4n) is 0.995. The molecule has 0 aliphatic heterocycles. The highest BCUT2D eigenvalue weighted by Gasteiger charge is 2.19. The molecule has 0 aromatic heterocycles. The van der Waals surface area contributed by atoms with Crippen molar-refractivity contribution in [3.8, 4) is 0 Å². The van der Waals surface area contributed by atoms with Gasteiger partial charge in [0.25, 0.3) is 0 Å². The normalized spacial score (nSPS) is 12.9. The van der Waals surface area contributed by atoms with E-state index in [9.17, 15) is 4.79 Å². The van der Waals surface area contributed by atoms with Gasteiger partial charge >= 0.3 is 5.97 Å². The summed E-state index contributed by atoms with van der Waals surface area (Å²) >= 11 is 1.53. The number of carbonyl (C=O) groups is 1. The molecule has 84 valence electrons. The molecule has 1 atom stereocenters. The predicted octanol–water partition coefficient (Wildman–Crippen LogP) is 0.251. The van der Waals surface area contributed by atoms with Gasteiger partial charge in [0.05, 0.1) is 13.7 Å². The maximum Gasteiger partial charge on any atom is 0.323 e. The quantitative estimate of drug-likeness (QED) is 0.477. The summed E-state index contributed by atoms with van der Waals surface area (Å²) in [6.07, 6.45) is 0. The van der Waals surface area contributed by atoms with Crippen LogP contribution in [0.4, 0.5) is 0 Å². The monoisotopic (exact) mass is 221 g/mol. The predicted molar refractivity (Wildman–Crippen MR) is 58.5 cm³/mol. The highest BCUT2D eigenvalue weighted by molar-refractivity contribution is 7.99. The highest BCUT2D eigenvalue weighted by atomic mass is 32.2. The van der Waals surface area contributed by atoms with Crippen LogP contribution in [0.1, 0.15) is 13.8 Å². The molecule has 0 radical (unpaired) electrons. The third-order valence-electron chi connectivity index (χ3n) is 1.54. The van der Waals surface area contributed by atoms with Crippen LogP contribution in [0.5, 0.6) is 0 Å². The molecule has 0 aromatic rings. The van der Waals surface area contributed by atoms with Crippen LogP contribution in [0.3, 0.4) is 0 Å². The third kappa shape index (κ3) is 6.23. The van der Waals surface area contributed by atoms with Crippen LogP contribution in [-0.4, -0.2) is 48.4 Å². The first-order valence-corrected chi connectivity index (χ1v) is 5.79. The van der Waals surface area contributed by atoms with Crippen molar-refractivity contribution in [2.75, 3.05) is 25.2 Å². The largest absolute Gasteiger partial charge is 0.468 e. The molecule has 1 unspecified atom stereocenters. The molecule has 14 heavy (non-hydrogen) atoms. The van der Waals surface area contributed by atoms with E-state index in [1.807, 2.05) is 13.8 Å². The van der Waals surface area contributed by atoms with Gasteiger partial charge in [-0.3, -0.25) is 4.79 Å². The minimum atomic E-state index is -0.281. The molecule has 0 saturated heterocycles. The lowest BCUT2D eigenvalue weighted by atomic mass is 10.3. The summed E-state index contributed by atoms with van der Waals surface area (Å²) in [6, 6.07) is -0.0367. The van der Waals surface area contributed by atoms with E-state index in [4.69, 9.17) is 5.11 Å². The van der Waals surface area contributed by atoms with E-state index in [-0.39, 0.29) is 24.7 Å². The second-order valence-corrected chi connectivity index (χ2v) is 4.35. The van der Waals surface area contributed by atoms with Gasteiger partial charge in [0.2, 0.25) is 0 Å². The number of aliphatic hydroxyl groups excluding tert-OH is 1. The lowest BCUT2D eigenvalue weighted by Crippen LogP contribution is -2.43. The van der Waals surface area contributed by atoms with Crippen LogP contribution in [-0.2, 0) is 9.53 Å². The molecule has 0 amide bonds. The van der Waals surface area contributed by atoms with Gasteiger partial charge in [-0.05, 0) is 0 Å². The Hall–Kier alpha value is -0.260. The van der Waals surface area contributed by atoms with Crippen molar-refractivity contribution in [2.24, 2.45) is 0 Å². The number of hydrogen-bond acceptors (Lipinski definition) is 5. The summed E-state index contributed by atoms with van der Waals surface area (Å²) in [5.41, 5.74) is 0. The van der Waals surface area contributed by atoms with E-state index in [1.165, 1.54) is 18.9 Å². The maximum atomic E-state index is 11.3. The molecule has 0 heterocycles. The molecule has 2 N–H and O–H groups in total. The van der Waals surface area contributed by atoms with Crippen LogP contribution in [0.2, 0.25) is 0 Å². The molecular formula is C9H19NO3S. The first kappa shape index (κ1) is 13.7. The third-order valence-corrected chi connectivity index (χ3v) is 2.58. The number of ether oxygens (including phenoxy) is 1. The van der Waals surface area contributed by atoms with Gasteiger partial charge in [-0.2, -0.15) is 11.8 Å². The highest BCUT2D eigenvalue weighted by Crippen LogP contribution is 2.04. The van der Waals surface area contributed by atoms with Crippen molar-refractivity contribution in [1.29, 1.82) is 0 Å². The fourth-order valence-corrected chi connectivity index (χ4v) is 1.76. The van der Waals surface area contributed by atoms with Crippen molar-refractivity contribution in [1.82, 2.24) is 5.32 Å². The van der Waals surface area contributed by atoms with Gasteiger partial charge in [-0.15, -0.1) is 0 Å². The second-order valence-electron chi connectivity index (χ2n) is 3.20. The maximum absolute atomic E-state index is 11.3. The average Bonchev–Trinajstić information content (AvgIpc) is 2.15. The molecule has 4 nitrogen and oxygen atoms in total. The molecule has 0 saturated carbocycles. The summed E-state index contributed by atoms with van der Waals surface area (Å²) in [6.45, 7) is 4.10. The topological polar surface area (TPSA) is 58.6 Å². The van der Waals surface area contributed by atoms with Crippen LogP contribution in [0.25, 0.3) is 0 Å². The Balaban J connectivity index is 3.91. The van der Waals surface area contributed by atoms with Crippen molar-refractivity contribution in [2.45, 2.75) is 25.9 Å². The Morgan fingerprint density at radius 1 is 1.57 bits per heavy atom. The Morgan fingerprint density at radius 2 is 2.21 bits per heavy atom. The van der Waals surface area contributed by atoms with Crippen molar-refractivity contribution in [3.05, 3.63) is 0 Å². The van der Waals surface area contributed by atoms with Crippen molar-refractivity contribution in [3.63, 3.8) is 0 Å². The summed E-state index contributed by atoms with van der Waals surface area (Å²) in [4.78, 5) is 11.3. The number of aliphatic hydroxyl groups is 1. The summed E-state index contributed by atoms with van der Waals surface area (Å²) in [7, 11) is 1.38. The zero-order chi connectivity index (χ0) is 11.0. The van der Waals surface area contributed by atoms with Gasteiger partial charge in [0.1, 0.15) is 6.04 Å². The minimum Gasteiger partial charge on any atom is -0.468 e. The average molecular weight is 221 g/mol. The summed E-state index contributed by atoms with van der Waals surface area (Å²) in [5, 5.41) is 11.7. The molecule has 0 spiro atoms. The van der Waals surface area contributed by atoms with E-state index in [0.717, 1.165) is 0 Å². The van der Waals surface area contributed by atoms with Gasteiger partial charge < -0.3 is 15.2 Å². The Morgan fingerprint density at radius 3 is 2.64 bits per heavy atom. The lowest BCUT2D eigenvalue weighted by molar-refractivity contribution is -0.142. The van der Waals surface area contributed by atoms with Crippen LogP contribution >= 0.6 is 11.8 Å². The standard InChI is InChI=1S/C9H19NO3S/c1-7(2)10-8(9(12)13-3)6-14-5-4-11/h7-8,10-11H,4-6H2,1-3H3. The molecular weight excluding hydrogens is 202 g/mol. The number of methoxy groups -OCH3 is 1. The zero-order valence-electron chi connectivity index (χ0n) is 8.95. The summed E-state index contributed by atoms with van der Waals surface area (Å²) in [5.74, 6) is 1.03. The molecule has 0 bridgehead atoms. The van der Waals surface area contributed by atoms with Gasteiger partial charge in [-0.1, -0.05) is 13.8 Å². The number of nitrogens with one attached hydrogen (secondary N) is 1. The van der Waals surface area contributed by atoms with Crippen molar-refractivity contribution < 1.29 is 14.6 Å². The van der Waals surface area contributed by atoms with E-state index >= 15 is 0 Å². The van der Waals surface area contributed by atoms with E-state index in [1.54, 1.807) is 0 Å². The van der Waals surface area contributed by atoms with E-state index in [2.05, 4.69) is 10.1 Å². The lowest BCUT2D eigenvalue weighted by Gasteiger charge is -2.18. The summed E-state index contributed by atoms with van der Waals surface area (Å²) < 4.78 is 4.67. The smallest absolute Gasteiger partial charge is 0.323 e. The minimum absolute atomic E-state index is 0.139. The van der Waals surface area contributed by atoms with Crippen LogP contribution < -0.4 is 5.32 Å². The Labute approximate surface area is 89.4 Å². The first-order valence-electron chi connectivity index (χ1n) is 4.64. The fraction of sp³-hybridized carbons (Fsp3) is 0.889. The zero-order valence-corrected chi connectivity index (χ0v) is 9.76. The van der Waals surface area contributed by atoms with Gasteiger partial charge in [0, 0.05) is 17.5 Å². The number of esters is 1. The van der Waals surface area contributed by atoms with E-state index in [0.29, 0.717) is 11.5 Å². The molecule has 0 aliphatic carbocycles. The number of carbonyl (C=O) groups excluding carboxylic acids is 1. The van der Waals surface area contributed by atoms with Crippen LogP contribution in [0, 0.1) is 0 Å². The Kier molecular flexibility index (Phi) is 7.93. The second kappa shape index (κ2) is 8.08.